The number of hydrogen-bond acceptors (Lipinski definition) is 4. The third-order valence-electron chi connectivity index (χ3n) is 4.41. The average Bonchev–Trinajstić information content (AvgIpc) is 3.15. The molecule has 6 heteroatoms. The number of amides is 2. The molecule has 2 amide bonds. The Bertz CT molecular complexity index is 747. The van der Waals surface area contributed by atoms with Crippen LogP contribution in [0.4, 0.5) is 0 Å². The van der Waals surface area contributed by atoms with Crippen molar-refractivity contribution in [2.75, 3.05) is 13.2 Å². The number of nitrogens with one attached hydrogen (secondary N) is 1. The highest BCUT2D eigenvalue weighted by Crippen LogP contribution is 2.30. The number of benzene rings is 1. The van der Waals surface area contributed by atoms with Crippen LogP contribution in [-0.4, -0.2) is 34.8 Å². The Morgan fingerprint density at radius 1 is 1.23 bits per heavy atom. The molecule has 1 atom stereocenters. The van der Waals surface area contributed by atoms with Crippen LogP contribution in [0.3, 0.4) is 0 Å². The van der Waals surface area contributed by atoms with E-state index < -0.39 is 0 Å². The highest BCUT2D eigenvalue weighted by molar-refractivity contribution is 5.78. The first-order chi connectivity index (χ1) is 12.6. The number of pyridine rings is 1. The molecule has 0 aliphatic carbocycles. The molecule has 136 valence electrons. The lowest BCUT2D eigenvalue weighted by atomic mass is 10.1. The van der Waals surface area contributed by atoms with E-state index in [0.29, 0.717) is 12.3 Å². The molecule has 0 radical (unpaired) electrons. The van der Waals surface area contributed by atoms with E-state index in [1.54, 1.807) is 6.20 Å². The number of carbonyl (C=O) groups is 2. The van der Waals surface area contributed by atoms with Gasteiger partial charge >= 0.3 is 0 Å². The van der Waals surface area contributed by atoms with E-state index in [2.05, 4.69) is 10.3 Å². The maximum absolute atomic E-state index is 12.6. The van der Waals surface area contributed by atoms with Crippen molar-refractivity contribution in [2.24, 2.45) is 0 Å². The van der Waals surface area contributed by atoms with Crippen molar-refractivity contribution in [3.05, 3.63) is 59.9 Å². The zero-order valence-electron chi connectivity index (χ0n) is 14.9. The molecule has 0 unspecified atom stereocenters. The van der Waals surface area contributed by atoms with Crippen LogP contribution in [-0.2, 0) is 16.1 Å². The first kappa shape index (κ1) is 17.9. The van der Waals surface area contributed by atoms with Crippen molar-refractivity contribution in [3.8, 4) is 5.75 Å². The summed E-state index contributed by atoms with van der Waals surface area (Å²) >= 11 is 0. The van der Waals surface area contributed by atoms with Gasteiger partial charge in [-0.05, 0) is 36.6 Å². The van der Waals surface area contributed by atoms with Crippen molar-refractivity contribution in [3.63, 3.8) is 0 Å². The molecule has 1 aliphatic heterocycles. The summed E-state index contributed by atoms with van der Waals surface area (Å²) in [5.41, 5.74) is 1.81. The normalized spacial score (nSPS) is 16.3. The lowest BCUT2D eigenvalue weighted by Crippen LogP contribution is -2.34. The van der Waals surface area contributed by atoms with E-state index in [1.165, 1.54) is 6.92 Å². The molecule has 26 heavy (non-hydrogen) atoms. The monoisotopic (exact) mass is 353 g/mol. The second kappa shape index (κ2) is 8.47. The number of hydrogen-bond donors (Lipinski definition) is 1. The van der Waals surface area contributed by atoms with Crippen LogP contribution in [0.25, 0.3) is 0 Å². The Hall–Kier alpha value is -2.89. The molecule has 3 rings (SSSR count). The topological polar surface area (TPSA) is 71.5 Å². The number of carbonyl (C=O) groups excluding carboxylic acids is 2. The number of nitrogens with zero attached hydrogens (tertiary/aromatic N) is 2. The summed E-state index contributed by atoms with van der Waals surface area (Å²) in [5, 5.41) is 2.75. The molecular weight excluding hydrogens is 330 g/mol. The summed E-state index contributed by atoms with van der Waals surface area (Å²) < 4.78 is 5.59. The quantitative estimate of drug-likeness (QED) is 0.866. The lowest BCUT2D eigenvalue weighted by Gasteiger charge is -2.24. The number of ether oxygens (including phenoxy) is 1. The SMILES string of the molecule is CC(=O)NCc1ccc([C@@H]2CCCN2C(=O)COc2ccccc2)nc1. The molecule has 1 aromatic carbocycles. The number of aromatic nitrogens is 1. The molecule has 1 saturated heterocycles. The smallest absolute Gasteiger partial charge is 0.261 e. The zero-order valence-corrected chi connectivity index (χ0v) is 14.9. The van der Waals surface area contributed by atoms with Gasteiger partial charge in [-0.3, -0.25) is 14.6 Å². The maximum atomic E-state index is 12.6. The Balaban J connectivity index is 1.60. The molecule has 1 aliphatic rings. The minimum atomic E-state index is -0.0694. The highest BCUT2D eigenvalue weighted by Gasteiger charge is 2.30. The molecule has 0 spiro atoms. The van der Waals surface area contributed by atoms with Gasteiger partial charge in [0.25, 0.3) is 5.91 Å². The molecule has 1 N–H and O–H groups in total. The number of likely N-dealkylation sites (tertiary alicyclic amines) is 1. The third kappa shape index (κ3) is 4.59. The Kier molecular flexibility index (Phi) is 5.84. The van der Waals surface area contributed by atoms with E-state index in [4.69, 9.17) is 4.74 Å². The summed E-state index contributed by atoms with van der Waals surface area (Å²) in [5.74, 6) is 0.595. The fraction of sp³-hybridized carbons (Fsp3) is 0.350. The van der Waals surface area contributed by atoms with E-state index in [0.717, 1.165) is 30.6 Å². The molecule has 0 bridgehead atoms. The molecule has 1 fully saturated rings. The van der Waals surface area contributed by atoms with Crippen molar-refractivity contribution < 1.29 is 14.3 Å². The van der Waals surface area contributed by atoms with Gasteiger partial charge in [0.1, 0.15) is 5.75 Å². The lowest BCUT2D eigenvalue weighted by molar-refractivity contribution is -0.134. The van der Waals surface area contributed by atoms with Crippen molar-refractivity contribution in [1.29, 1.82) is 0 Å². The van der Waals surface area contributed by atoms with Crippen LogP contribution in [0.15, 0.2) is 48.7 Å². The Morgan fingerprint density at radius 2 is 2.04 bits per heavy atom. The van der Waals surface area contributed by atoms with E-state index in [-0.39, 0.29) is 24.5 Å². The predicted octanol–water partition coefficient (Wildman–Crippen LogP) is 2.46. The van der Waals surface area contributed by atoms with Crippen molar-refractivity contribution in [1.82, 2.24) is 15.2 Å². The summed E-state index contributed by atoms with van der Waals surface area (Å²) in [6.45, 7) is 2.69. The van der Waals surface area contributed by atoms with Crippen LogP contribution in [0.1, 0.15) is 37.1 Å². The van der Waals surface area contributed by atoms with Gasteiger partial charge in [-0.2, -0.15) is 0 Å². The molecule has 2 aromatic rings. The van der Waals surface area contributed by atoms with E-state index in [9.17, 15) is 9.59 Å². The second-order valence-corrected chi connectivity index (χ2v) is 6.35. The van der Waals surface area contributed by atoms with Crippen LogP contribution in [0, 0.1) is 0 Å². The third-order valence-corrected chi connectivity index (χ3v) is 4.41. The van der Waals surface area contributed by atoms with E-state index >= 15 is 0 Å². The zero-order chi connectivity index (χ0) is 18.4. The standard InChI is InChI=1S/C20H23N3O3/c1-15(24)21-12-16-9-10-18(22-13-16)19-8-5-11-23(19)20(25)14-26-17-6-3-2-4-7-17/h2-4,6-7,9-10,13,19H,5,8,11-12,14H2,1H3,(H,21,24)/t19-/m0/s1. The fourth-order valence-electron chi connectivity index (χ4n) is 3.08. The Morgan fingerprint density at radius 3 is 2.73 bits per heavy atom. The number of rotatable bonds is 6. The van der Waals surface area contributed by atoms with Crippen LogP contribution >= 0.6 is 0 Å². The molecule has 6 nitrogen and oxygen atoms in total. The van der Waals surface area contributed by atoms with Gasteiger partial charge in [-0.1, -0.05) is 24.3 Å². The summed E-state index contributed by atoms with van der Waals surface area (Å²) in [6.07, 6.45) is 3.61. The van der Waals surface area contributed by atoms with Crippen LogP contribution in [0.2, 0.25) is 0 Å². The molecule has 0 saturated carbocycles. The minimum absolute atomic E-state index is 0.0170. The minimum Gasteiger partial charge on any atom is -0.484 e. The molecular formula is C20H23N3O3. The number of para-hydroxylation sites is 1. The molecule has 1 aromatic heterocycles. The van der Waals surface area contributed by atoms with Gasteiger partial charge in [0, 0.05) is 26.2 Å². The van der Waals surface area contributed by atoms with Gasteiger partial charge in [-0.25, -0.2) is 0 Å². The first-order valence-electron chi connectivity index (χ1n) is 8.80. The van der Waals surface area contributed by atoms with Crippen LogP contribution in [0.5, 0.6) is 5.75 Å². The van der Waals surface area contributed by atoms with Crippen LogP contribution < -0.4 is 10.1 Å². The predicted molar refractivity (Wildman–Crippen MR) is 97.4 cm³/mol. The van der Waals surface area contributed by atoms with Gasteiger partial charge in [0.15, 0.2) is 6.61 Å². The summed E-state index contributed by atoms with van der Waals surface area (Å²) in [7, 11) is 0. The van der Waals surface area contributed by atoms with Crippen molar-refractivity contribution in [2.45, 2.75) is 32.4 Å². The second-order valence-electron chi connectivity index (χ2n) is 6.35. The highest BCUT2D eigenvalue weighted by atomic mass is 16.5. The van der Waals surface area contributed by atoms with Gasteiger partial charge in [-0.15, -0.1) is 0 Å². The fourth-order valence-corrected chi connectivity index (χ4v) is 3.08. The Labute approximate surface area is 153 Å². The van der Waals surface area contributed by atoms with E-state index in [1.807, 2.05) is 47.4 Å². The van der Waals surface area contributed by atoms with Gasteiger partial charge < -0.3 is 15.0 Å². The maximum Gasteiger partial charge on any atom is 0.261 e. The largest absolute Gasteiger partial charge is 0.484 e. The average molecular weight is 353 g/mol. The van der Waals surface area contributed by atoms with Gasteiger partial charge in [0.05, 0.1) is 11.7 Å². The summed E-state index contributed by atoms with van der Waals surface area (Å²) in [4.78, 5) is 29.9. The van der Waals surface area contributed by atoms with Gasteiger partial charge in [0.2, 0.25) is 5.91 Å². The summed E-state index contributed by atoms with van der Waals surface area (Å²) in [6, 6.07) is 13.2. The molecule has 2 heterocycles. The van der Waals surface area contributed by atoms with Crippen molar-refractivity contribution >= 4 is 11.8 Å². The first-order valence-corrected chi connectivity index (χ1v) is 8.80.